The van der Waals surface area contributed by atoms with E-state index in [1.807, 2.05) is 20.8 Å². The number of aldehydes is 1. The third-order valence-electron chi connectivity index (χ3n) is 3.96. The zero-order valence-electron chi connectivity index (χ0n) is 16.2. The highest BCUT2D eigenvalue weighted by Crippen LogP contribution is 2.11. The number of hydrogen-bond acceptors (Lipinski definition) is 4. The first kappa shape index (κ1) is 23.0. The molecule has 0 fully saturated rings. The van der Waals surface area contributed by atoms with E-state index < -0.39 is 18.2 Å². The fourth-order valence-electron chi connectivity index (χ4n) is 2.50. The topological polar surface area (TPSA) is 84.5 Å². The maximum absolute atomic E-state index is 12.5. The van der Waals surface area contributed by atoms with Crippen LogP contribution in [0.25, 0.3) is 0 Å². The molecule has 27 heavy (non-hydrogen) atoms. The summed E-state index contributed by atoms with van der Waals surface area (Å²) in [7, 11) is 0. The lowest BCUT2D eigenvalue weighted by Gasteiger charge is -2.22. The van der Waals surface area contributed by atoms with Crippen LogP contribution in [0, 0.1) is 5.92 Å². The first-order valence-corrected chi connectivity index (χ1v) is 9.66. The van der Waals surface area contributed by atoms with Crippen molar-refractivity contribution in [1.29, 1.82) is 0 Å². The summed E-state index contributed by atoms with van der Waals surface area (Å²) in [5, 5.41) is 5.90. The smallest absolute Gasteiger partial charge is 0.408 e. The van der Waals surface area contributed by atoms with E-state index in [0.29, 0.717) is 17.9 Å². The summed E-state index contributed by atoms with van der Waals surface area (Å²) in [6.07, 6.45) is 2.86. The molecule has 0 aromatic heterocycles. The van der Waals surface area contributed by atoms with Crippen LogP contribution in [-0.2, 0) is 20.9 Å². The van der Waals surface area contributed by atoms with Gasteiger partial charge in [-0.15, -0.1) is 0 Å². The minimum atomic E-state index is -0.758. The quantitative estimate of drug-likeness (QED) is 0.556. The van der Waals surface area contributed by atoms with Gasteiger partial charge in [0, 0.05) is 5.02 Å². The maximum Gasteiger partial charge on any atom is 0.408 e. The minimum Gasteiger partial charge on any atom is -0.445 e. The van der Waals surface area contributed by atoms with Crippen molar-refractivity contribution >= 4 is 29.9 Å². The Morgan fingerprint density at radius 3 is 2.41 bits per heavy atom. The van der Waals surface area contributed by atoms with Crippen molar-refractivity contribution in [2.45, 2.75) is 65.1 Å². The summed E-state index contributed by atoms with van der Waals surface area (Å²) in [5.41, 5.74) is 0.792. The molecule has 0 aliphatic rings. The second-order valence-electron chi connectivity index (χ2n) is 6.92. The minimum absolute atomic E-state index is 0.0759. The van der Waals surface area contributed by atoms with Gasteiger partial charge in [-0.3, -0.25) is 4.79 Å². The monoisotopic (exact) mass is 396 g/mol. The van der Waals surface area contributed by atoms with Gasteiger partial charge in [-0.1, -0.05) is 57.3 Å². The van der Waals surface area contributed by atoms with Gasteiger partial charge in [-0.25, -0.2) is 4.79 Å². The highest BCUT2D eigenvalue weighted by molar-refractivity contribution is 6.30. The molecule has 1 aromatic carbocycles. The number of carbonyl (C=O) groups excluding carboxylic acids is 3. The van der Waals surface area contributed by atoms with Crippen molar-refractivity contribution in [1.82, 2.24) is 10.6 Å². The summed E-state index contributed by atoms with van der Waals surface area (Å²) < 4.78 is 5.18. The first-order chi connectivity index (χ1) is 12.8. The molecule has 2 N–H and O–H groups in total. The van der Waals surface area contributed by atoms with Gasteiger partial charge >= 0.3 is 6.09 Å². The van der Waals surface area contributed by atoms with Gasteiger partial charge in [0.25, 0.3) is 0 Å². The standard InChI is InChI=1S/C20H29ClN2O4/c1-4-5-6-17(12-24)22-19(25)18(11-14(2)3)23-20(26)27-13-15-7-9-16(21)10-8-15/h7-10,12,14,17-18H,4-6,11,13H2,1-3H3,(H,22,25)(H,23,26)/t17-,18-/m0/s1. The van der Waals surface area contributed by atoms with E-state index in [-0.39, 0.29) is 18.4 Å². The van der Waals surface area contributed by atoms with Gasteiger partial charge in [0.1, 0.15) is 18.9 Å². The number of benzene rings is 1. The Hall–Kier alpha value is -2.08. The van der Waals surface area contributed by atoms with Crippen LogP contribution in [0.2, 0.25) is 5.02 Å². The van der Waals surface area contributed by atoms with Crippen LogP contribution < -0.4 is 10.6 Å². The van der Waals surface area contributed by atoms with Crippen molar-refractivity contribution < 1.29 is 19.1 Å². The molecule has 0 unspecified atom stereocenters. The Bertz CT molecular complexity index is 605. The van der Waals surface area contributed by atoms with Crippen LogP contribution >= 0.6 is 11.6 Å². The number of amides is 2. The van der Waals surface area contributed by atoms with Crippen LogP contribution in [-0.4, -0.2) is 30.4 Å². The summed E-state index contributed by atoms with van der Waals surface area (Å²) in [5.74, 6) is -0.192. The Balaban J connectivity index is 2.60. The van der Waals surface area contributed by atoms with Crippen molar-refractivity contribution in [2.75, 3.05) is 0 Å². The van der Waals surface area contributed by atoms with E-state index in [4.69, 9.17) is 16.3 Å². The lowest BCUT2D eigenvalue weighted by molar-refractivity contribution is -0.126. The summed E-state index contributed by atoms with van der Waals surface area (Å²) in [4.78, 5) is 35.8. The second-order valence-corrected chi connectivity index (χ2v) is 7.36. The van der Waals surface area contributed by atoms with Crippen LogP contribution in [0.3, 0.4) is 0 Å². The van der Waals surface area contributed by atoms with Gasteiger partial charge < -0.3 is 20.2 Å². The number of carbonyl (C=O) groups is 3. The van der Waals surface area contributed by atoms with Gasteiger partial charge in [0.15, 0.2) is 0 Å². The van der Waals surface area contributed by atoms with Crippen molar-refractivity contribution in [3.8, 4) is 0 Å². The fourth-order valence-corrected chi connectivity index (χ4v) is 2.62. The van der Waals surface area contributed by atoms with Crippen molar-refractivity contribution in [3.05, 3.63) is 34.9 Å². The number of alkyl carbamates (subject to hydrolysis) is 1. The van der Waals surface area contributed by atoms with Gasteiger partial charge in [-0.05, 0) is 36.5 Å². The Morgan fingerprint density at radius 2 is 1.85 bits per heavy atom. The Morgan fingerprint density at radius 1 is 1.19 bits per heavy atom. The van der Waals surface area contributed by atoms with E-state index in [1.54, 1.807) is 24.3 Å². The SMILES string of the molecule is CCCC[C@@H](C=O)NC(=O)[C@H](CC(C)C)NC(=O)OCc1ccc(Cl)cc1. The molecule has 6 nitrogen and oxygen atoms in total. The summed E-state index contributed by atoms with van der Waals surface area (Å²) >= 11 is 5.82. The molecule has 0 saturated carbocycles. The Kier molecular flexibility index (Phi) is 10.5. The largest absolute Gasteiger partial charge is 0.445 e. The lowest BCUT2D eigenvalue weighted by Crippen LogP contribution is -2.50. The highest BCUT2D eigenvalue weighted by atomic mass is 35.5. The average Bonchev–Trinajstić information content (AvgIpc) is 2.63. The van der Waals surface area contributed by atoms with Gasteiger partial charge in [-0.2, -0.15) is 0 Å². The maximum atomic E-state index is 12.5. The summed E-state index contributed by atoms with van der Waals surface area (Å²) in [6, 6.07) is 5.64. The van der Waals surface area contributed by atoms with E-state index in [0.717, 1.165) is 24.7 Å². The third kappa shape index (κ3) is 9.43. The van der Waals surface area contributed by atoms with Crippen LogP contribution in [0.15, 0.2) is 24.3 Å². The molecular weight excluding hydrogens is 368 g/mol. The molecule has 0 spiro atoms. The molecule has 0 aliphatic heterocycles. The fraction of sp³-hybridized carbons (Fsp3) is 0.550. The number of halogens is 1. The molecule has 1 rings (SSSR count). The lowest BCUT2D eigenvalue weighted by atomic mass is 10.0. The molecule has 0 saturated heterocycles. The van der Waals surface area contributed by atoms with Crippen molar-refractivity contribution in [3.63, 3.8) is 0 Å². The number of hydrogen-bond donors (Lipinski definition) is 2. The first-order valence-electron chi connectivity index (χ1n) is 9.29. The predicted octanol–water partition coefficient (Wildman–Crippen LogP) is 3.85. The molecule has 1 aromatic rings. The summed E-state index contributed by atoms with van der Waals surface area (Å²) in [6.45, 7) is 6.00. The number of unbranched alkanes of at least 4 members (excludes halogenated alkanes) is 1. The molecule has 0 radical (unpaired) electrons. The molecule has 2 amide bonds. The van der Waals surface area contributed by atoms with E-state index in [9.17, 15) is 14.4 Å². The van der Waals surface area contributed by atoms with Crippen LogP contribution in [0.1, 0.15) is 52.0 Å². The zero-order chi connectivity index (χ0) is 20.2. The van der Waals surface area contributed by atoms with E-state index in [2.05, 4.69) is 10.6 Å². The molecular formula is C20H29ClN2O4. The molecule has 150 valence electrons. The van der Waals surface area contributed by atoms with Crippen LogP contribution in [0.5, 0.6) is 0 Å². The zero-order valence-corrected chi connectivity index (χ0v) is 16.9. The number of rotatable bonds is 11. The van der Waals surface area contributed by atoms with Crippen molar-refractivity contribution in [2.24, 2.45) is 5.92 Å². The second kappa shape index (κ2) is 12.3. The molecule has 0 aliphatic carbocycles. The normalized spacial score (nSPS) is 12.9. The highest BCUT2D eigenvalue weighted by Gasteiger charge is 2.24. The Labute approximate surface area is 166 Å². The van der Waals surface area contributed by atoms with E-state index in [1.165, 1.54) is 0 Å². The van der Waals surface area contributed by atoms with Gasteiger partial charge in [0.2, 0.25) is 5.91 Å². The molecule has 7 heteroatoms. The predicted molar refractivity (Wildman–Crippen MR) is 106 cm³/mol. The van der Waals surface area contributed by atoms with Crippen LogP contribution in [0.4, 0.5) is 4.79 Å². The number of nitrogens with one attached hydrogen (secondary N) is 2. The molecule has 0 heterocycles. The molecule has 0 bridgehead atoms. The number of ether oxygens (including phenoxy) is 1. The average molecular weight is 397 g/mol. The third-order valence-corrected chi connectivity index (χ3v) is 4.21. The molecule has 2 atom stereocenters. The van der Waals surface area contributed by atoms with E-state index >= 15 is 0 Å². The van der Waals surface area contributed by atoms with Gasteiger partial charge in [0.05, 0.1) is 6.04 Å².